The number of fused-ring (bicyclic) bond motifs is 2. The van der Waals surface area contributed by atoms with Crippen LogP contribution in [0.5, 0.6) is 11.5 Å². The molecule has 5 nitrogen and oxygen atoms in total. The van der Waals surface area contributed by atoms with Gasteiger partial charge >= 0.3 is 0 Å². The van der Waals surface area contributed by atoms with Crippen molar-refractivity contribution in [2.75, 3.05) is 6.79 Å². The van der Waals surface area contributed by atoms with Crippen LogP contribution >= 0.6 is 11.3 Å². The number of hydrogen-bond donors (Lipinski definition) is 0. The smallest absolute Gasteiger partial charge is 0.279 e. The van der Waals surface area contributed by atoms with Crippen LogP contribution in [-0.2, 0) is 6.54 Å². The zero-order valence-corrected chi connectivity index (χ0v) is 15.2. The normalized spacial score (nSPS) is 13.2. The summed E-state index contributed by atoms with van der Waals surface area (Å²) in [4.78, 5) is 17.6. The van der Waals surface area contributed by atoms with Crippen LogP contribution in [0.15, 0.2) is 35.3 Å². The number of rotatable bonds is 2. The number of hydrogen-bond acceptors (Lipinski definition) is 4. The lowest BCUT2D eigenvalue weighted by Gasteiger charge is -2.03. The molecule has 0 aliphatic carbocycles. The highest BCUT2D eigenvalue weighted by Gasteiger charge is 2.18. The molecule has 0 radical (unpaired) electrons. The third-order valence-electron chi connectivity index (χ3n) is 4.24. The second kappa shape index (κ2) is 6.36. The average molecular weight is 364 g/mol. The van der Waals surface area contributed by atoms with Gasteiger partial charge in [-0.05, 0) is 25.5 Å². The molecule has 1 aromatic heterocycles. The summed E-state index contributed by atoms with van der Waals surface area (Å²) in [5.41, 5.74) is 3.49. The fourth-order valence-corrected chi connectivity index (χ4v) is 4.03. The Morgan fingerprint density at radius 3 is 2.77 bits per heavy atom. The quantitative estimate of drug-likeness (QED) is 0.655. The lowest BCUT2D eigenvalue weighted by molar-refractivity contribution is 0.0997. The number of aryl methyl sites for hydroxylation is 2. The molecular weight excluding hydrogens is 348 g/mol. The maximum absolute atomic E-state index is 12.7. The van der Waals surface area contributed by atoms with E-state index in [1.54, 1.807) is 0 Å². The van der Waals surface area contributed by atoms with Crippen molar-refractivity contribution < 1.29 is 14.3 Å². The van der Waals surface area contributed by atoms with E-state index in [-0.39, 0.29) is 12.7 Å². The highest BCUT2D eigenvalue weighted by atomic mass is 32.1. The van der Waals surface area contributed by atoms with Gasteiger partial charge in [-0.1, -0.05) is 35.0 Å². The molecular formula is C20H16N2O3S. The molecule has 130 valence electrons. The maximum Gasteiger partial charge on any atom is 0.279 e. The third-order valence-corrected chi connectivity index (χ3v) is 5.28. The molecule has 4 rings (SSSR count). The summed E-state index contributed by atoms with van der Waals surface area (Å²) in [5.74, 6) is 3.72. The number of aromatic nitrogens is 1. The summed E-state index contributed by atoms with van der Waals surface area (Å²) in [6.07, 6.45) is 5.53. The van der Waals surface area contributed by atoms with Crippen LogP contribution < -0.4 is 14.3 Å². The van der Waals surface area contributed by atoms with Crippen LogP contribution in [0, 0.1) is 26.2 Å². The van der Waals surface area contributed by atoms with Crippen molar-refractivity contribution in [3.05, 3.63) is 51.8 Å². The Bertz CT molecular complexity index is 1150. The Labute approximate surface area is 154 Å². The monoisotopic (exact) mass is 364 g/mol. The van der Waals surface area contributed by atoms with Gasteiger partial charge in [-0.25, -0.2) is 0 Å². The number of amides is 1. The molecule has 3 aromatic rings. The van der Waals surface area contributed by atoms with Crippen LogP contribution in [0.2, 0.25) is 0 Å². The number of benzene rings is 2. The zero-order valence-electron chi connectivity index (χ0n) is 14.4. The molecule has 1 aliphatic heterocycles. The van der Waals surface area contributed by atoms with Crippen LogP contribution in [-0.4, -0.2) is 17.3 Å². The average Bonchev–Trinajstić information content (AvgIpc) is 3.17. The molecule has 26 heavy (non-hydrogen) atoms. The number of carbonyl (C=O) groups excluding carboxylic acids is 1. The van der Waals surface area contributed by atoms with Crippen LogP contribution in [0.3, 0.4) is 0 Å². The lowest BCUT2D eigenvalue weighted by atomic mass is 10.1. The summed E-state index contributed by atoms with van der Waals surface area (Å²) in [5, 5.41) is 0. The largest absolute Gasteiger partial charge is 0.454 e. The van der Waals surface area contributed by atoms with E-state index in [2.05, 4.69) is 10.9 Å². The number of carbonyl (C=O) groups is 1. The zero-order chi connectivity index (χ0) is 18.3. The summed E-state index contributed by atoms with van der Waals surface area (Å²) < 4.78 is 13.7. The molecule has 0 unspecified atom stereocenters. The number of nitrogens with zero attached hydrogens (tertiary/aromatic N) is 2. The van der Waals surface area contributed by atoms with E-state index in [4.69, 9.17) is 15.9 Å². The van der Waals surface area contributed by atoms with Gasteiger partial charge in [-0.15, -0.1) is 6.42 Å². The van der Waals surface area contributed by atoms with E-state index in [9.17, 15) is 4.79 Å². The number of terminal acetylenes is 1. The van der Waals surface area contributed by atoms with Gasteiger partial charge in [0.25, 0.3) is 5.91 Å². The SMILES string of the molecule is C#CCn1c(=NC(=O)c2ccc(C)cc2C)sc2cc3c(cc21)OCO3. The van der Waals surface area contributed by atoms with Crippen molar-refractivity contribution in [3.63, 3.8) is 0 Å². The second-order valence-electron chi connectivity index (χ2n) is 6.08. The van der Waals surface area contributed by atoms with Crippen LogP contribution in [0.4, 0.5) is 0 Å². The van der Waals surface area contributed by atoms with Gasteiger partial charge < -0.3 is 14.0 Å². The maximum atomic E-state index is 12.7. The molecule has 2 heterocycles. The van der Waals surface area contributed by atoms with E-state index in [1.165, 1.54) is 11.3 Å². The minimum Gasteiger partial charge on any atom is -0.454 e. The molecule has 0 spiro atoms. The van der Waals surface area contributed by atoms with Crippen LogP contribution in [0.1, 0.15) is 21.5 Å². The van der Waals surface area contributed by atoms with Crippen molar-refractivity contribution in [2.24, 2.45) is 4.99 Å². The van der Waals surface area contributed by atoms with Gasteiger partial charge in [0.2, 0.25) is 6.79 Å². The second-order valence-corrected chi connectivity index (χ2v) is 7.09. The molecule has 0 saturated heterocycles. The standard InChI is InChI=1S/C20H16N2O3S/c1-4-7-22-15-9-16-17(25-11-24-16)10-18(15)26-20(22)21-19(23)14-6-5-12(2)8-13(14)3/h1,5-6,8-10H,7,11H2,2-3H3. The summed E-state index contributed by atoms with van der Waals surface area (Å²) in [7, 11) is 0. The first-order valence-electron chi connectivity index (χ1n) is 8.09. The van der Waals surface area contributed by atoms with Gasteiger partial charge in [0.1, 0.15) is 0 Å². The fraction of sp³-hybridized carbons (Fsp3) is 0.200. The van der Waals surface area contributed by atoms with Crippen molar-refractivity contribution in [1.82, 2.24) is 4.57 Å². The predicted octanol–water partition coefficient (Wildman–Crippen LogP) is 3.42. The van der Waals surface area contributed by atoms with Gasteiger partial charge in [0.05, 0.1) is 16.8 Å². The molecule has 1 aliphatic rings. The van der Waals surface area contributed by atoms with Crippen molar-refractivity contribution >= 4 is 27.5 Å². The Hall–Kier alpha value is -3.04. The van der Waals surface area contributed by atoms with Crippen molar-refractivity contribution in [3.8, 4) is 23.8 Å². The highest BCUT2D eigenvalue weighted by molar-refractivity contribution is 7.16. The van der Waals surface area contributed by atoms with Crippen LogP contribution in [0.25, 0.3) is 10.2 Å². The molecule has 0 bridgehead atoms. The minimum absolute atomic E-state index is 0.212. The molecule has 0 fully saturated rings. The van der Waals surface area contributed by atoms with Gasteiger partial charge in [-0.3, -0.25) is 4.79 Å². The first-order chi connectivity index (χ1) is 12.6. The molecule has 0 N–H and O–H groups in total. The van der Waals surface area contributed by atoms with E-state index < -0.39 is 0 Å². The number of thiazole rings is 1. The van der Waals surface area contributed by atoms with Gasteiger partial charge in [0.15, 0.2) is 16.3 Å². The third kappa shape index (κ3) is 2.76. The van der Waals surface area contributed by atoms with Gasteiger partial charge in [0, 0.05) is 17.7 Å². The number of ether oxygens (including phenoxy) is 2. The topological polar surface area (TPSA) is 52.8 Å². The Kier molecular flexibility index (Phi) is 4.02. The van der Waals surface area contributed by atoms with Crippen molar-refractivity contribution in [1.29, 1.82) is 0 Å². The fourth-order valence-electron chi connectivity index (χ4n) is 2.99. The molecule has 1 amide bonds. The molecule has 0 atom stereocenters. The first-order valence-corrected chi connectivity index (χ1v) is 8.91. The lowest BCUT2D eigenvalue weighted by Crippen LogP contribution is -2.16. The molecule has 6 heteroatoms. The first kappa shape index (κ1) is 16.4. The molecule has 2 aromatic carbocycles. The van der Waals surface area contributed by atoms with E-state index >= 15 is 0 Å². The van der Waals surface area contributed by atoms with E-state index in [1.807, 2.05) is 48.7 Å². The summed E-state index contributed by atoms with van der Waals surface area (Å²) in [6, 6.07) is 9.48. The summed E-state index contributed by atoms with van der Waals surface area (Å²) in [6.45, 7) is 4.44. The van der Waals surface area contributed by atoms with E-state index in [0.29, 0.717) is 28.4 Å². The Morgan fingerprint density at radius 2 is 2.04 bits per heavy atom. The minimum atomic E-state index is -0.278. The summed E-state index contributed by atoms with van der Waals surface area (Å²) >= 11 is 1.41. The molecule has 0 saturated carbocycles. The van der Waals surface area contributed by atoms with Gasteiger partial charge in [-0.2, -0.15) is 4.99 Å². The van der Waals surface area contributed by atoms with E-state index in [0.717, 1.165) is 21.3 Å². The Morgan fingerprint density at radius 1 is 1.27 bits per heavy atom. The van der Waals surface area contributed by atoms with Crippen molar-refractivity contribution in [2.45, 2.75) is 20.4 Å². The predicted molar refractivity (Wildman–Crippen MR) is 101 cm³/mol. The Balaban J connectivity index is 1.87. The highest BCUT2D eigenvalue weighted by Crippen LogP contribution is 2.36.